The largest absolute Gasteiger partial charge is 0.497 e. The number of ether oxygens (including phenoxy) is 2. The molecule has 1 aliphatic heterocycles. The maximum absolute atomic E-state index is 5.78. The predicted molar refractivity (Wildman–Crippen MR) is 98.1 cm³/mol. The smallest absolute Gasteiger partial charge is 0.183 e. The number of methoxy groups -OCH3 is 1. The first kappa shape index (κ1) is 16.1. The maximum atomic E-state index is 5.78. The van der Waals surface area contributed by atoms with Gasteiger partial charge in [0, 0.05) is 18.3 Å². The number of nitrogens with one attached hydrogen (secondary N) is 1. The van der Waals surface area contributed by atoms with Crippen LogP contribution in [0, 0.1) is 0 Å². The molecule has 0 amide bonds. The molecule has 0 bridgehead atoms. The average Bonchev–Trinajstić information content (AvgIpc) is 3.16. The topological polar surface area (TPSA) is 61.2 Å². The van der Waals surface area contributed by atoms with Gasteiger partial charge in [-0.25, -0.2) is 4.98 Å². The van der Waals surface area contributed by atoms with E-state index in [1.807, 2.05) is 16.8 Å². The fraction of sp³-hybridized carbons (Fsp3) is 0.333. The number of hydrogen-bond donors (Lipinski definition) is 1. The number of hydrogen-bond acceptors (Lipinski definition) is 6. The zero-order chi connectivity index (χ0) is 17.2. The van der Waals surface area contributed by atoms with Gasteiger partial charge in [0.05, 0.1) is 43.1 Å². The van der Waals surface area contributed by atoms with Crippen molar-refractivity contribution in [2.24, 2.45) is 0 Å². The molecule has 0 saturated carbocycles. The molecule has 0 atom stereocenters. The SMILES string of the molecule is CCNc1nc2c(s1)COCc1nn(Cc3ccc(OC)cc3)cc1-2. The summed E-state index contributed by atoms with van der Waals surface area (Å²) in [7, 11) is 1.67. The number of nitrogens with zero attached hydrogens (tertiary/aromatic N) is 3. The van der Waals surface area contributed by atoms with E-state index < -0.39 is 0 Å². The number of aromatic nitrogens is 3. The normalized spacial score (nSPS) is 13.0. The van der Waals surface area contributed by atoms with E-state index in [9.17, 15) is 0 Å². The lowest BCUT2D eigenvalue weighted by Crippen LogP contribution is -2.02. The van der Waals surface area contributed by atoms with Gasteiger partial charge in [-0.2, -0.15) is 5.10 Å². The predicted octanol–water partition coefficient (Wildman–Crippen LogP) is 3.53. The first-order valence-corrected chi connectivity index (χ1v) is 9.09. The van der Waals surface area contributed by atoms with Crippen LogP contribution in [0.15, 0.2) is 30.5 Å². The van der Waals surface area contributed by atoms with Gasteiger partial charge in [0.2, 0.25) is 0 Å². The molecule has 0 aliphatic carbocycles. The molecule has 0 saturated heterocycles. The molecule has 3 heterocycles. The van der Waals surface area contributed by atoms with Gasteiger partial charge in [-0.15, -0.1) is 0 Å². The Hall–Kier alpha value is -2.38. The van der Waals surface area contributed by atoms with Crippen LogP contribution in [0.4, 0.5) is 5.13 Å². The van der Waals surface area contributed by atoms with E-state index in [1.165, 1.54) is 5.56 Å². The number of anilines is 1. The van der Waals surface area contributed by atoms with Gasteiger partial charge < -0.3 is 14.8 Å². The monoisotopic (exact) mass is 356 g/mol. The van der Waals surface area contributed by atoms with Gasteiger partial charge in [0.25, 0.3) is 0 Å². The molecular formula is C18H20N4O2S. The summed E-state index contributed by atoms with van der Waals surface area (Å²) < 4.78 is 12.9. The van der Waals surface area contributed by atoms with Crippen molar-refractivity contribution in [3.8, 4) is 17.0 Å². The van der Waals surface area contributed by atoms with Crippen LogP contribution in [0.2, 0.25) is 0 Å². The number of rotatable bonds is 5. The van der Waals surface area contributed by atoms with Crippen LogP contribution in [0.3, 0.4) is 0 Å². The lowest BCUT2D eigenvalue weighted by Gasteiger charge is -2.04. The molecule has 0 radical (unpaired) electrons. The molecular weight excluding hydrogens is 336 g/mol. The molecule has 130 valence electrons. The first-order chi connectivity index (χ1) is 12.3. The van der Waals surface area contributed by atoms with Crippen molar-refractivity contribution in [2.45, 2.75) is 26.7 Å². The van der Waals surface area contributed by atoms with Crippen molar-refractivity contribution in [2.75, 3.05) is 19.0 Å². The Bertz CT molecular complexity index is 870. The van der Waals surface area contributed by atoms with Gasteiger partial charge in [0.1, 0.15) is 5.75 Å². The molecule has 0 unspecified atom stereocenters. The number of benzene rings is 1. The Morgan fingerprint density at radius 2 is 2.12 bits per heavy atom. The highest BCUT2D eigenvalue weighted by Gasteiger charge is 2.22. The van der Waals surface area contributed by atoms with Gasteiger partial charge in [-0.3, -0.25) is 4.68 Å². The molecule has 1 aliphatic rings. The molecule has 4 rings (SSSR count). The van der Waals surface area contributed by atoms with Gasteiger partial charge in [-0.05, 0) is 24.6 Å². The summed E-state index contributed by atoms with van der Waals surface area (Å²) in [5, 5.41) is 8.93. The standard InChI is InChI=1S/C18H20N4O2S/c1-3-19-18-20-17-14-9-22(8-12-4-6-13(23-2)7-5-12)21-15(14)10-24-11-16(17)25-18/h4-7,9H,3,8,10-11H2,1-2H3,(H,19,20). The molecule has 25 heavy (non-hydrogen) atoms. The highest BCUT2D eigenvalue weighted by atomic mass is 32.1. The average molecular weight is 356 g/mol. The van der Waals surface area contributed by atoms with E-state index in [4.69, 9.17) is 19.6 Å². The molecule has 0 spiro atoms. The summed E-state index contributed by atoms with van der Waals surface area (Å²) in [5.74, 6) is 0.858. The molecule has 3 aromatic rings. The van der Waals surface area contributed by atoms with Crippen molar-refractivity contribution >= 4 is 16.5 Å². The quantitative estimate of drug-likeness (QED) is 0.758. The Morgan fingerprint density at radius 1 is 1.28 bits per heavy atom. The molecule has 6 nitrogen and oxygen atoms in total. The maximum Gasteiger partial charge on any atom is 0.183 e. The number of fused-ring (bicyclic) bond motifs is 3. The van der Waals surface area contributed by atoms with E-state index in [2.05, 4.69) is 30.6 Å². The summed E-state index contributed by atoms with van der Waals surface area (Å²) >= 11 is 1.66. The zero-order valence-electron chi connectivity index (χ0n) is 14.3. The van der Waals surface area contributed by atoms with Crippen LogP contribution >= 0.6 is 11.3 Å². The van der Waals surface area contributed by atoms with Gasteiger partial charge >= 0.3 is 0 Å². The minimum atomic E-state index is 0.518. The zero-order valence-corrected chi connectivity index (χ0v) is 15.1. The van der Waals surface area contributed by atoms with E-state index in [0.29, 0.717) is 19.8 Å². The van der Waals surface area contributed by atoms with Crippen LogP contribution in [0.25, 0.3) is 11.3 Å². The molecule has 1 aromatic carbocycles. The number of thiazole rings is 1. The van der Waals surface area contributed by atoms with Crippen LogP contribution in [0.5, 0.6) is 5.75 Å². The van der Waals surface area contributed by atoms with Crippen LogP contribution in [-0.4, -0.2) is 28.4 Å². The summed E-state index contributed by atoms with van der Waals surface area (Å²) in [6.45, 7) is 4.74. The van der Waals surface area contributed by atoms with E-state index >= 15 is 0 Å². The van der Waals surface area contributed by atoms with Crippen molar-refractivity contribution in [3.63, 3.8) is 0 Å². The van der Waals surface area contributed by atoms with E-state index in [0.717, 1.165) is 39.3 Å². The van der Waals surface area contributed by atoms with Crippen LogP contribution in [-0.2, 0) is 24.5 Å². The Labute approximate surface area is 150 Å². The second-order valence-electron chi connectivity index (χ2n) is 5.85. The summed E-state index contributed by atoms with van der Waals surface area (Å²) in [5.41, 5.74) is 4.18. The molecule has 0 fully saturated rings. The Morgan fingerprint density at radius 3 is 2.88 bits per heavy atom. The van der Waals surface area contributed by atoms with Crippen molar-refractivity contribution in [1.82, 2.24) is 14.8 Å². The minimum absolute atomic E-state index is 0.518. The van der Waals surface area contributed by atoms with Crippen molar-refractivity contribution in [1.29, 1.82) is 0 Å². The second kappa shape index (κ2) is 6.85. The molecule has 7 heteroatoms. The van der Waals surface area contributed by atoms with E-state index in [1.54, 1.807) is 18.4 Å². The molecule has 1 N–H and O–H groups in total. The highest BCUT2D eigenvalue weighted by molar-refractivity contribution is 7.16. The summed E-state index contributed by atoms with van der Waals surface area (Å²) in [6.07, 6.45) is 2.07. The lowest BCUT2D eigenvalue weighted by molar-refractivity contribution is 0.108. The summed E-state index contributed by atoms with van der Waals surface area (Å²) in [6, 6.07) is 8.04. The second-order valence-corrected chi connectivity index (χ2v) is 6.93. The van der Waals surface area contributed by atoms with Gasteiger partial charge in [0.15, 0.2) is 5.13 Å². The lowest BCUT2D eigenvalue weighted by atomic mass is 10.2. The van der Waals surface area contributed by atoms with Crippen LogP contribution < -0.4 is 10.1 Å². The third kappa shape index (κ3) is 3.25. The highest BCUT2D eigenvalue weighted by Crippen LogP contribution is 2.36. The van der Waals surface area contributed by atoms with Crippen LogP contribution in [0.1, 0.15) is 23.1 Å². The van der Waals surface area contributed by atoms with Gasteiger partial charge in [-0.1, -0.05) is 23.5 Å². The minimum Gasteiger partial charge on any atom is -0.497 e. The first-order valence-electron chi connectivity index (χ1n) is 8.27. The van der Waals surface area contributed by atoms with Crippen molar-refractivity contribution in [3.05, 3.63) is 46.6 Å². The van der Waals surface area contributed by atoms with E-state index in [-0.39, 0.29) is 0 Å². The summed E-state index contributed by atoms with van der Waals surface area (Å²) in [4.78, 5) is 5.89. The fourth-order valence-electron chi connectivity index (χ4n) is 2.89. The Balaban J connectivity index is 1.63. The Kier molecular flexibility index (Phi) is 4.42. The fourth-order valence-corrected chi connectivity index (χ4v) is 3.87. The third-order valence-corrected chi connectivity index (χ3v) is 5.08. The molecule has 2 aromatic heterocycles. The third-order valence-electron chi connectivity index (χ3n) is 4.09. The van der Waals surface area contributed by atoms with Crippen molar-refractivity contribution < 1.29 is 9.47 Å².